The number of halogens is 1. The number of nitrogens with zero attached hydrogens (tertiary/aromatic N) is 1. The Kier molecular flexibility index (Phi) is 5.34. The van der Waals surface area contributed by atoms with Gasteiger partial charge in [-0.25, -0.2) is 0 Å². The second kappa shape index (κ2) is 6.55. The van der Waals surface area contributed by atoms with Gasteiger partial charge >= 0.3 is 5.97 Å². The molecule has 1 unspecified atom stereocenters. The number of nitriles is 1. The van der Waals surface area contributed by atoms with Crippen LogP contribution in [-0.4, -0.2) is 18.1 Å². The molecule has 1 N–H and O–H groups in total. The van der Waals surface area contributed by atoms with E-state index in [4.69, 9.17) is 21.6 Å². The first-order valence-electron chi connectivity index (χ1n) is 5.93. The number of rotatable bonds is 4. The van der Waals surface area contributed by atoms with Gasteiger partial charge in [-0.15, -0.1) is 0 Å². The molecule has 0 amide bonds. The second-order valence-electron chi connectivity index (χ2n) is 5.05. The van der Waals surface area contributed by atoms with E-state index in [1.54, 1.807) is 45.0 Å². The minimum Gasteiger partial charge on any atom is -0.459 e. The van der Waals surface area contributed by atoms with Gasteiger partial charge in [0, 0.05) is 10.6 Å². The van der Waals surface area contributed by atoms with E-state index < -0.39 is 17.6 Å². The quantitative estimate of drug-likeness (QED) is 0.862. The Bertz CT molecular complexity index is 489. The SMILES string of the molecule is CC(C)(C)OC(=O)CNC(C#N)c1ccccc1Cl. The van der Waals surface area contributed by atoms with E-state index in [-0.39, 0.29) is 6.54 Å². The summed E-state index contributed by atoms with van der Waals surface area (Å²) in [6, 6.07) is 8.47. The largest absolute Gasteiger partial charge is 0.459 e. The molecule has 0 aliphatic carbocycles. The second-order valence-corrected chi connectivity index (χ2v) is 5.46. The molecule has 0 aliphatic heterocycles. The molecule has 19 heavy (non-hydrogen) atoms. The van der Waals surface area contributed by atoms with Gasteiger partial charge in [0.1, 0.15) is 11.6 Å². The molecule has 1 atom stereocenters. The molecular formula is C14H17ClN2O2. The summed E-state index contributed by atoms with van der Waals surface area (Å²) in [6.07, 6.45) is 0. The van der Waals surface area contributed by atoms with Gasteiger partial charge in [0.25, 0.3) is 0 Å². The van der Waals surface area contributed by atoms with Crippen molar-refractivity contribution in [2.45, 2.75) is 32.4 Å². The van der Waals surface area contributed by atoms with Crippen molar-refractivity contribution < 1.29 is 9.53 Å². The maximum atomic E-state index is 11.6. The maximum absolute atomic E-state index is 11.6. The molecule has 0 spiro atoms. The van der Waals surface area contributed by atoms with E-state index in [1.165, 1.54) is 0 Å². The Labute approximate surface area is 118 Å². The summed E-state index contributed by atoms with van der Waals surface area (Å²) in [7, 11) is 0. The van der Waals surface area contributed by atoms with Crippen LogP contribution in [0, 0.1) is 11.3 Å². The van der Waals surface area contributed by atoms with Crippen LogP contribution in [0.5, 0.6) is 0 Å². The summed E-state index contributed by atoms with van der Waals surface area (Å²) in [5, 5.41) is 12.4. The van der Waals surface area contributed by atoms with Crippen molar-refractivity contribution in [1.29, 1.82) is 5.26 Å². The van der Waals surface area contributed by atoms with Crippen molar-refractivity contribution in [3.8, 4) is 6.07 Å². The van der Waals surface area contributed by atoms with Crippen molar-refractivity contribution in [3.63, 3.8) is 0 Å². The van der Waals surface area contributed by atoms with E-state index in [1.807, 2.05) is 0 Å². The highest BCUT2D eigenvalue weighted by atomic mass is 35.5. The Morgan fingerprint density at radius 1 is 1.47 bits per heavy atom. The molecule has 0 aromatic heterocycles. The first kappa shape index (κ1) is 15.5. The van der Waals surface area contributed by atoms with Gasteiger partial charge in [0.05, 0.1) is 12.6 Å². The molecule has 0 bridgehead atoms. The van der Waals surface area contributed by atoms with Crippen molar-refractivity contribution in [2.24, 2.45) is 0 Å². The lowest BCUT2D eigenvalue weighted by molar-refractivity contribution is -0.153. The van der Waals surface area contributed by atoms with E-state index in [9.17, 15) is 4.79 Å². The number of esters is 1. The first-order valence-corrected chi connectivity index (χ1v) is 6.30. The Hall–Kier alpha value is -1.57. The third-order valence-corrected chi connectivity index (χ3v) is 2.56. The number of hydrogen-bond donors (Lipinski definition) is 1. The van der Waals surface area contributed by atoms with Crippen LogP contribution in [0.25, 0.3) is 0 Å². The molecule has 0 aliphatic rings. The number of hydrogen-bond acceptors (Lipinski definition) is 4. The molecule has 4 nitrogen and oxygen atoms in total. The third kappa shape index (κ3) is 5.29. The van der Waals surface area contributed by atoms with Crippen LogP contribution in [0.3, 0.4) is 0 Å². The standard InChI is InChI=1S/C14H17ClN2O2/c1-14(2,3)19-13(18)9-17-12(8-16)10-6-4-5-7-11(10)15/h4-7,12,17H,9H2,1-3H3. The normalized spacial score (nSPS) is 12.6. The van der Waals surface area contributed by atoms with Gasteiger partial charge in [-0.05, 0) is 26.8 Å². The number of carbonyl (C=O) groups is 1. The highest BCUT2D eigenvalue weighted by Crippen LogP contribution is 2.21. The smallest absolute Gasteiger partial charge is 0.320 e. The summed E-state index contributed by atoms with van der Waals surface area (Å²) in [4.78, 5) is 11.6. The number of benzene rings is 1. The van der Waals surface area contributed by atoms with Crippen LogP contribution < -0.4 is 5.32 Å². The van der Waals surface area contributed by atoms with Gasteiger partial charge in [0.15, 0.2) is 0 Å². The number of ether oxygens (including phenoxy) is 1. The maximum Gasteiger partial charge on any atom is 0.320 e. The molecule has 0 fully saturated rings. The van der Waals surface area contributed by atoms with Crippen LogP contribution in [0.15, 0.2) is 24.3 Å². The topological polar surface area (TPSA) is 62.1 Å². The monoisotopic (exact) mass is 280 g/mol. The average Bonchev–Trinajstić information content (AvgIpc) is 2.29. The molecule has 1 rings (SSSR count). The molecular weight excluding hydrogens is 264 g/mol. The van der Waals surface area contributed by atoms with Crippen molar-refractivity contribution in [3.05, 3.63) is 34.9 Å². The fraction of sp³-hybridized carbons (Fsp3) is 0.429. The minimum atomic E-state index is -0.638. The molecule has 0 saturated heterocycles. The van der Waals surface area contributed by atoms with Gasteiger partial charge in [-0.1, -0.05) is 29.8 Å². The lowest BCUT2D eigenvalue weighted by atomic mass is 10.1. The van der Waals surface area contributed by atoms with Crippen LogP contribution in [0.4, 0.5) is 0 Å². The lowest BCUT2D eigenvalue weighted by Gasteiger charge is -2.20. The lowest BCUT2D eigenvalue weighted by Crippen LogP contribution is -2.33. The van der Waals surface area contributed by atoms with Crippen molar-refractivity contribution in [1.82, 2.24) is 5.32 Å². The molecule has 0 radical (unpaired) electrons. The predicted molar refractivity (Wildman–Crippen MR) is 73.7 cm³/mol. The van der Waals surface area contributed by atoms with Crippen molar-refractivity contribution in [2.75, 3.05) is 6.54 Å². The molecule has 5 heteroatoms. The highest BCUT2D eigenvalue weighted by Gasteiger charge is 2.19. The van der Waals surface area contributed by atoms with Gasteiger partial charge in [-0.2, -0.15) is 5.26 Å². The van der Waals surface area contributed by atoms with E-state index in [2.05, 4.69) is 11.4 Å². The summed E-state index contributed by atoms with van der Waals surface area (Å²) in [6.45, 7) is 5.34. The molecule has 0 saturated carbocycles. The highest BCUT2D eigenvalue weighted by molar-refractivity contribution is 6.31. The van der Waals surface area contributed by atoms with E-state index >= 15 is 0 Å². The molecule has 1 aromatic rings. The van der Waals surface area contributed by atoms with Crippen LogP contribution in [0.2, 0.25) is 5.02 Å². The molecule has 0 heterocycles. The number of nitrogens with one attached hydrogen (secondary N) is 1. The summed E-state index contributed by atoms with van der Waals surface area (Å²) >= 11 is 6.01. The fourth-order valence-corrected chi connectivity index (χ4v) is 1.74. The average molecular weight is 281 g/mol. The van der Waals surface area contributed by atoms with Gasteiger partial charge in [-0.3, -0.25) is 10.1 Å². The molecule has 102 valence electrons. The fourth-order valence-electron chi connectivity index (χ4n) is 1.50. The predicted octanol–water partition coefficient (Wildman–Crippen LogP) is 2.84. The van der Waals surface area contributed by atoms with E-state index in [0.717, 1.165) is 0 Å². The zero-order chi connectivity index (χ0) is 14.5. The van der Waals surface area contributed by atoms with Crippen LogP contribution >= 0.6 is 11.6 Å². The third-order valence-electron chi connectivity index (χ3n) is 2.22. The Balaban J connectivity index is 2.63. The minimum absolute atomic E-state index is 0.0410. The summed E-state index contributed by atoms with van der Waals surface area (Å²) < 4.78 is 5.15. The Morgan fingerprint density at radius 3 is 2.63 bits per heavy atom. The van der Waals surface area contributed by atoms with Crippen LogP contribution in [-0.2, 0) is 9.53 Å². The summed E-state index contributed by atoms with van der Waals surface area (Å²) in [5.41, 5.74) is 0.112. The van der Waals surface area contributed by atoms with Crippen LogP contribution in [0.1, 0.15) is 32.4 Å². The zero-order valence-corrected chi connectivity index (χ0v) is 12.0. The number of carbonyl (C=O) groups excluding carboxylic acids is 1. The summed E-state index contributed by atoms with van der Waals surface area (Å²) in [5.74, 6) is -0.403. The van der Waals surface area contributed by atoms with Gasteiger partial charge < -0.3 is 4.74 Å². The zero-order valence-electron chi connectivity index (χ0n) is 11.2. The van der Waals surface area contributed by atoms with Gasteiger partial charge in [0.2, 0.25) is 0 Å². The van der Waals surface area contributed by atoms with Crippen molar-refractivity contribution >= 4 is 17.6 Å². The van der Waals surface area contributed by atoms with E-state index in [0.29, 0.717) is 10.6 Å². The molecule has 1 aromatic carbocycles. The Morgan fingerprint density at radius 2 is 2.11 bits per heavy atom. The first-order chi connectivity index (χ1) is 8.83.